The monoisotopic (exact) mass is 530 g/mol. The third-order valence-corrected chi connectivity index (χ3v) is 5.39. The largest absolute Gasteiger partial charge is 0.490 e. The van der Waals surface area contributed by atoms with Crippen LogP contribution in [0, 0.1) is 10.1 Å². The molecule has 170 valence electrons. The van der Waals surface area contributed by atoms with Crippen molar-refractivity contribution in [1.82, 2.24) is 0 Å². The predicted molar refractivity (Wildman–Crippen MR) is 132 cm³/mol. The second kappa shape index (κ2) is 11.5. The molecule has 0 atom stereocenters. The lowest BCUT2D eigenvalue weighted by Gasteiger charge is -2.15. The van der Waals surface area contributed by atoms with Gasteiger partial charge in [-0.05, 0) is 64.8 Å². The maximum atomic E-state index is 12.2. The zero-order valence-corrected chi connectivity index (χ0v) is 19.9. The van der Waals surface area contributed by atoms with Crippen molar-refractivity contribution in [2.24, 2.45) is 0 Å². The zero-order chi connectivity index (χ0) is 23.8. The van der Waals surface area contributed by atoms with Crippen molar-refractivity contribution in [1.29, 1.82) is 0 Å². The number of rotatable bonds is 9. The summed E-state index contributed by atoms with van der Waals surface area (Å²) in [6.45, 7) is 2.57. The number of nitro benzene ring substituents is 1. The number of nitrogens with one attached hydrogen (secondary N) is 1. The molecule has 0 fully saturated rings. The number of halogens is 2. The van der Waals surface area contributed by atoms with Gasteiger partial charge in [0.1, 0.15) is 6.61 Å². The van der Waals surface area contributed by atoms with Crippen molar-refractivity contribution >= 4 is 50.9 Å². The van der Waals surface area contributed by atoms with Crippen molar-refractivity contribution in [3.63, 3.8) is 0 Å². The molecule has 1 amide bonds. The molecule has 33 heavy (non-hydrogen) atoms. The summed E-state index contributed by atoms with van der Waals surface area (Å²) < 4.78 is 12.4. The fourth-order valence-corrected chi connectivity index (χ4v) is 3.64. The zero-order valence-electron chi connectivity index (χ0n) is 17.6. The Kier molecular flexibility index (Phi) is 8.46. The third kappa shape index (κ3) is 6.81. The van der Waals surface area contributed by atoms with E-state index in [9.17, 15) is 14.9 Å². The Labute approximate surface area is 204 Å². The number of nitro groups is 1. The first-order chi connectivity index (χ1) is 15.9. The Morgan fingerprint density at radius 2 is 1.88 bits per heavy atom. The van der Waals surface area contributed by atoms with Crippen LogP contribution in [-0.4, -0.2) is 17.4 Å². The van der Waals surface area contributed by atoms with E-state index in [4.69, 9.17) is 21.1 Å². The second-order valence-corrected chi connectivity index (χ2v) is 8.03. The van der Waals surface area contributed by atoms with Gasteiger partial charge in [0.25, 0.3) is 5.69 Å². The van der Waals surface area contributed by atoms with Crippen molar-refractivity contribution in [3.8, 4) is 11.5 Å². The van der Waals surface area contributed by atoms with E-state index in [1.807, 2.05) is 25.1 Å². The van der Waals surface area contributed by atoms with Crippen molar-refractivity contribution in [2.45, 2.75) is 13.5 Å². The van der Waals surface area contributed by atoms with Gasteiger partial charge in [-0.15, -0.1) is 0 Å². The van der Waals surface area contributed by atoms with Gasteiger partial charge in [-0.1, -0.05) is 29.8 Å². The molecule has 3 aromatic rings. The van der Waals surface area contributed by atoms with Crippen LogP contribution >= 0.6 is 27.5 Å². The molecule has 0 saturated carbocycles. The molecule has 0 aliphatic rings. The lowest BCUT2D eigenvalue weighted by Crippen LogP contribution is -2.07. The summed E-state index contributed by atoms with van der Waals surface area (Å²) in [6.07, 6.45) is 3.00. The van der Waals surface area contributed by atoms with E-state index in [-0.39, 0.29) is 18.2 Å². The molecule has 9 heteroatoms. The molecule has 0 saturated heterocycles. The molecule has 0 aromatic heterocycles. The normalized spacial score (nSPS) is 10.8. The molecule has 3 aromatic carbocycles. The number of hydrogen-bond donors (Lipinski definition) is 1. The molecule has 0 aliphatic heterocycles. The number of hydrogen-bond acceptors (Lipinski definition) is 5. The number of ether oxygens (including phenoxy) is 2. The summed E-state index contributed by atoms with van der Waals surface area (Å²) in [5, 5.41) is 14.0. The van der Waals surface area contributed by atoms with Crippen LogP contribution in [0.3, 0.4) is 0 Å². The van der Waals surface area contributed by atoms with Gasteiger partial charge in [-0.2, -0.15) is 0 Å². The van der Waals surface area contributed by atoms with Gasteiger partial charge >= 0.3 is 0 Å². The Bertz CT molecular complexity index is 1180. The van der Waals surface area contributed by atoms with Crippen LogP contribution in [0.25, 0.3) is 6.08 Å². The number of anilines is 1. The first-order valence-electron chi connectivity index (χ1n) is 9.93. The lowest BCUT2D eigenvalue weighted by atomic mass is 10.1. The van der Waals surface area contributed by atoms with Gasteiger partial charge < -0.3 is 14.8 Å². The molecule has 0 unspecified atom stereocenters. The minimum absolute atomic E-state index is 0.0475. The molecule has 3 rings (SSSR count). The number of non-ortho nitro benzene ring substituents is 1. The fourth-order valence-electron chi connectivity index (χ4n) is 2.87. The first-order valence-corrected chi connectivity index (χ1v) is 11.1. The Morgan fingerprint density at radius 1 is 1.15 bits per heavy atom. The minimum atomic E-state index is -0.499. The summed E-state index contributed by atoms with van der Waals surface area (Å²) in [5.41, 5.74) is 1.97. The molecule has 7 nitrogen and oxygen atoms in total. The van der Waals surface area contributed by atoms with Crippen LogP contribution in [-0.2, 0) is 11.4 Å². The van der Waals surface area contributed by atoms with Crippen LogP contribution in [0.1, 0.15) is 18.1 Å². The molecule has 0 bridgehead atoms. The molecule has 0 aliphatic carbocycles. The quantitative estimate of drug-likeness (QED) is 0.190. The van der Waals surface area contributed by atoms with Gasteiger partial charge in [0.05, 0.1) is 16.0 Å². The summed E-state index contributed by atoms with van der Waals surface area (Å²) in [6, 6.07) is 16.6. The third-order valence-electron chi connectivity index (χ3n) is 4.43. The second-order valence-electron chi connectivity index (χ2n) is 6.77. The van der Waals surface area contributed by atoms with Gasteiger partial charge in [0, 0.05) is 34.5 Å². The van der Waals surface area contributed by atoms with Gasteiger partial charge in [0.15, 0.2) is 11.5 Å². The maximum absolute atomic E-state index is 12.2. The smallest absolute Gasteiger partial charge is 0.269 e. The molecule has 1 N–H and O–H groups in total. The topological polar surface area (TPSA) is 90.7 Å². The fraction of sp³-hybridized carbons (Fsp3) is 0.125. The molecular weight excluding hydrogens is 512 g/mol. The summed E-state index contributed by atoms with van der Waals surface area (Å²) >= 11 is 9.72. The maximum Gasteiger partial charge on any atom is 0.269 e. The number of benzene rings is 3. The Morgan fingerprint density at radius 3 is 2.55 bits per heavy atom. The van der Waals surface area contributed by atoms with Crippen LogP contribution in [0.15, 0.2) is 71.2 Å². The van der Waals surface area contributed by atoms with Gasteiger partial charge in [0.2, 0.25) is 5.91 Å². The highest BCUT2D eigenvalue weighted by Gasteiger charge is 2.13. The van der Waals surface area contributed by atoms with Crippen LogP contribution in [0.4, 0.5) is 11.4 Å². The van der Waals surface area contributed by atoms with E-state index in [1.54, 1.807) is 24.3 Å². The Hall–Kier alpha value is -3.36. The highest BCUT2D eigenvalue weighted by Crippen LogP contribution is 2.38. The predicted octanol–water partition coefficient (Wildman–Crippen LogP) is 6.64. The number of nitrogens with zero attached hydrogens (tertiary/aromatic N) is 1. The van der Waals surface area contributed by atoms with E-state index < -0.39 is 4.92 Å². The average Bonchev–Trinajstić information content (AvgIpc) is 2.79. The highest BCUT2D eigenvalue weighted by atomic mass is 79.9. The van der Waals surface area contributed by atoms with Crippen LogP contribution in [0.2, 0.25) is 5.02 Å². The molecule has 0 heterocycles. The number of carbonyl (C=O) groups is 1. The summed E-state index contributed by atoms with van der Waals surface area (Å²) in [5.74, 6) is 0.676. The Balaban J connectivity index is 1.72. The van der Waals surface area contributed by atoms with E-state index in [2.05, 4.69) is 21.2 Å². The van der Waals surface area contributed by atoms with Crippen molar-refractivity contribution < 1.29 is 19.2 Å². The molecule has 0 radical (unpaired) electrons. The van der Waals surface area contributed by atoms with Gasteiger partial charge in [-0.25, -0.2) is 0 Å². The SMILES string of the molecule is CCOc1cc(/C=C/C(=O)Nc2ccc([N+](=O)[O-])cc2)cc(Br)c1OCc1ccccc1Cl. The van der Waals surface area contributed by atoms with Gasteiger partial charge in [-0.3, -0.25) is 14.9 Å². The molecular formula is C24H20BrClN2O5. The van der Waals surface area contributed by atoms with E-state index in [1.165, 1.54) is 30.3 Å². The highest BCUT2D eigenvalue weighted by molar-refractivity contribution is 9.10. The summed E-state index contributed by atoms with van der Waals surface area (Å²) in [7, 11) is 0. The first kappa shape index (κ1) is 24.3. The minimum Gasteiger partial charge on any atom is -0.490 e. The average molecular weight is 532 g/mol. The van der Waals surface area contributed by atoms with Crippen molar-refractivity contribution in [3.05, 3.63) is 97.5 Å². The summed E-state index contributed by atoms with van der Waals surface area (Å²) in [4.78, 5) is 22.5. The number of amides is 1. The van der Waals surface area contributed by atoms with E-state index in [0.717, 1.165) is 5.56 Å². The van der Waals surface area contributed by atoms with Crippen LogP contribution < -0.4 is 14.8 Å². The molecule has 0 spiro atoms. The van der Waals surface area contributed by atoms with Crippen molar-refractivity contribution in [2.75, 3.05) is 11.9 Å². The lowest BCUT2D eigenvalue weighted by molar-refractivity contribution is -0.384. The van der Waals surface area contributed by atoms with E-state index in [0.29, 0.717) is 38.9 Å². The number of carbonyl (C=O) groups excluding carboxylic acids is 1. The standard InChI is InChI=1S/C24H20BrClN2O5/c1-2-32-22-14-16(7-12-23(29)27-18-8-10-19(11-9-18)28(30)31)13-20(25)24(22)33-15-17-5-3-4-6-21(17)26/h3-14H,2,15H2,1H3,(H,27,29)/b12-7+. The van der Waals surface area contributed by atoms with E-state index >= 15 is 0 Å². The van der Waals surface area contributed by atoms with Crippen LogP contribution in [0.5, 0.6) is 11.5 Å².